The maximum absolute atomic E-state index is 15.0. The number of hydrogen-bond donors (Lipinski definition) is 1. The van der Waals surface area contributed by atoms with Crippen molar-refractivity contribution < 1.29 is 12.8 Å². The number of anilines is 1. The van der Waals surface area contributed by atoms with Crippen LogP contribution in [-0.2, 0) is 16.4 Å². The molecule has 0 bridgehead atoms. The highest BCUT2D eigenvalue weighted by atomic mass is 32.2. The molecule has 5 rings (SSSR count). The number of nitrogens with one attached hydrogen (secondary N) is 1. The van der Waals surface area contributed by atoms with E-state index in [2.05, 4.69) is 15.1 Å². The number of aromatic nitrogens is 2. The number of hydrogen-bond acceptors (Lipinski definition) is 4. The molecule has 2 saturated heterocycles. The molecule has 1 unspecified atom stereocenters. The Morgan fingerprint density at radius 3 is 2.50 bits per heavy atom. The number of H-pyrrole nitrogens is 1. The molecule has 2 fully saturated rings. The van der Waals surface area contributed by atoms with E-state index in [1.54, 1.807) is 10.4 Å². The van der Waals surface area contributed by atoms with Gasteiger partial charge in [0.25, 0.3) is 0 Å². The van der Waals surface area contributed by atoms with E-state index in [1.807, 2.05) is 54.9 Å². The number of sulfonamides is 1. The minimum absolute atomic E-state index is 0.261. The van der Waals surface area contributed by atoms with E-state index in [-0.39, 0.29) is 5.82 Å². The van der Waals surface area contributed by atoms with Gasteiger partial charge in [0.15, 0.2) is 0 Å². The Morgan fingerprint density at radius 1 is 1.00 bits per heavy atom. The van der Waals surface area contributed by atoms with Gasteiger partial charge in [0, 0.05) is 38.1 Å². The Labute approximate surface area is 200 Å². The van der Waals surface area contributed by atoms with Crippen molar-refractivity contribution in [1.82, 2.24) is 14.5 Å². The molecule has 2 aliphatic rings. The minimum Gasteiger partial charge on any atom is -0.371 e. The van der Waals surface area contributed by atoms with Crippen LogP contribution in [0.25, 0.3) is 0 Å². The number of piperidine rings is 1. The molecule has 34 heavy (non-hydrogen) atoms. The van der Waals surface area contributed by atoms with E-state index in [1.165, 1.54) is 5.56 Å². The van der Waals surface area contributed by atoms with Crippen LogP contribution in [0.1, 0.15) is 53.5 Å². The van der Waals surface area contributed by atoms with Crippen LogP contribution in [0.15, 0.2) is 60.9 Å². The maximum atomic E-state index is 15.0. The zero-order valence-corrected chi connectivity index (χ0v) is 20.1. The summed E-state index contributed by atoms with van der Waals surface area (Å²) in [6, 6.07) is 14.8. The molecule has 3 heterocycles. The molecular formula is C26H31FN4O2S. The lowest BCUT2D eigenvalue weighted by atomic mass is 9.91. The fourth-order valence-corrected chi connectivity index (χ4v) is 7.35. The largest absolute Gasteiger partial charge is 0.371 e. The Hall–Kier alpha value is -2.71. The van der Waals surface area contributed by atoms with Gasteiger partial charge in [0.2, 0.25) is 10.0 Å². The van der Waals surface area contributed by atoms with Gasteiger partial charge in [-0.15, -0.1) is 0 Å². The Bertz CT molecular complexity index is 1190. The van der Waals surface area contributed by atoms with Crippen molar-refractivity contribution in [2.75, 3.05) is 31.1 Å². The normalized spacial score (nSPS) is 21.6. The van der Waals surface area contributed by atoms with Gasteiger partial charge < -0.3 is 4.90 Å². The lowest BCUT2D eigenvalue weighted by molar-refractivity contribution is 0.365. The molecule has 2 aromatic carbocycles. The van der Waals surface area contributed by atoms with Gasteiger partial charge in [-0.25, -0.2) is 17.1 Å². The number of rotatable bonds is 6. The van der Waals surface area contributed by atoms with E-state index in [4.69, 9.17) is 0 Å². The molecule has 1 aromatic heterocycles. The summed E-state index contributed by atoms with van der Waals surface area (Å²) in [4.78, 5) is 2.23. The standard InChI is InChI=1S/C26H31FN4O2S/c27-25-17-24(30-14-10-20(11-15-30)23-18-28-29-19-23)9-8-21(25)12-16-31-13-4-7-26(34(31,32)33)22-5-2-1-3-6-22/h1-3,5-6,8-9,17-20,26H,4,7,10-16H2,(H,28,29). The van der Waals surface area contributed by atoms with Crippen molar-refractivity contribution in [3.63, 3.8) is 0 Å². The first-order valence-corrected chi connectivity index (χ1v) is 13.6. The van der Waals surface area contributed by atoms with Crippen LogP contribution < -0.4 is 4.90 Å². The van der Waals surface area contributed by atoms with Gasteiger partial charge in [0.05, 0.1) is 6.20 Å². The molecule has 1 atom stereocenters. The van der Waals surface area contributed by atoms with Gasteiger partial charge in [-0.2, -0.15) is 5.10 Å². The lowest BCUT2D eigenvalue weighted by Crippen LogP contribution is -2.41. The van der Waals surface area contributed by atoms with Crippen molar-refractivity contribution in [2.24, 2.45) is 0 Å². The molecule has 0 radical (unpaired) electrons. The third-order valence-electron chi connectivity index (χ3n) is 7.28. The van der Waals surface area contributed by atoms with Crippen molar-refractivity contribution in [3.05, 3.63) is 83.4 Å². The average Bonchev–Trinajstić information content (AvgIpc) is 3.39. The summed E-state index contributed by atoms with van der Waals surface area (Å²) < 4.78 is 43.0. The van der Waals surface area contributed by atoms with Gasteiger partial charge in [-0.05, 0) is 66.8 Å². The van der Waals surface area contributed by atoms with Crippen molar-refractivity contribution in [1.29, 1.82) is 0 Å². The zero-order chi connectivity index (χ0) is 23.5. The zero-order valence-electron chi connectivity index (χ0n) is 19.2. The van der Waals surface area contributed by atoms with E-state index in [9.17, 15) is 12.8 Å². The first kappa shape index (κ1) is 23.1. The van der Waals surface area contributed by atoms with Crippen LogP contribution in [0, 0.1) is 5.82 Å². The summed E-state index contributed by atoms with van der Waals surface area (Å²) in [6.07, 6.45) is 7.68. The first-order valence-electron chi connectivity index (χ1n) is 12.1. The molecule has 0 spiro atoms. The number of halogens is 1. The smallest absolute Gasteiger partial charge is 0.221 e. The molecule has 0 aliphatic carbocycles. The van der Waals surface area contributed by atoms with Crippen LogP contribution in [0.5, 0.6) is 0 Å². The fraction of sp³-hybridized carbons (Fsp3) is 0.423. The third kappa shape index (κ3) is 4.74. The topological polar surface area (TPSA) is 69.3 Å². The summed E-state index contributed by atoms with van der Waals surface area (Å²) in [5.41, 5.74) is 3.53. The Balaban J connectivity index is 1.21. The van der Waals surface area contributed by atoms with Gasteiger partial charge in [-0.1, -0.05) is 36.4 Å². The summed E-state index contributed by atoms with van der Waals surface area (Å²) >= 11 is 0. The number of benzene rings is 2. The highest BCUT2D eigenvalue weighted by Crippen LogP contribution is 2.35. The van der Waals surface area contributed by atoms with Gasteiger partial charge in [0.1, 0.15) is 11.1 Å². The van der Waals surface area contributed by atoms with Gasteiger partial charge >= 0.3 is 0 Å². The molecule has 0 amide bonds. The molecule has 1 N–H and O–H groups in total. The second-order valence-corrected chi connectivity index (χ2v) is 11.4. The molecular weight excluding hydrogens is 451 g/mol. The van der Waals surface area contributed by atoms with E-state index in [0.29, 0.717) is 37.4 Å². The predicted octanol–water partition coefficient (Wildman–Crippen LogP) is 4.64. The van der Waals surface area contributed by atoms with E-state index >= 15 is 0 Å². The maximum Gasteiger partial charge on any atom is 0.221 e. The van der Waals surface area contributed by atoms with E-state index in [0.717, 1.165) is 43.6 Å². The quantitative estimate of drug-likeness (QED) is 0.556. The number of aromatic amines is 1. The molecule has 8 heteroatoms. The van der Waals surface area contributed by atoms with Crippen molar-refractivity contribution >= 4 is 15.7 Å². The average molecular weight is 483 g/mol. The second kappa shape index (κ2) is 9.88. The highest BCUT2D eigenvalue weighted by molar-refractivity contribution is 7.89. The van der Waals surface area contributed by atoms with Crippen molar-refractivity contribution in [2.45, 2.75) is 43.3 Å². The molecule has 2 aliphatic heterocycles. The second-order valence-electron chi connectivity index (χ2n) is 9.30. The van der Waals surface area contributed by atoms with Crippen molar-refractivity contribution in [3.8, 4) is 0 Å². The third-order valence-corrected chi connectivity index (χ3v) is 9.59. The predicted molar refractivity (Wildman–Crippen MR) is 132 cm³/mol. The molecule has 6 nitrogen and oxygen atoms in total. The summed E-state index contributed by atoms with van der Waals surface area (Å²) in [5.74, 6) is 0.230. The lowest BCUT2D eigenvalue weighted by Gasteiger charge is -2.34. The van der Waals surface area contributed by atoms with Gasteiger partial charge in [-0.3, -0.25) is 5.10 Å². The molecule has 0 saturated carbocycles. The Kier molecular flexibility index (Phi) is 6.70. The first-order chi connectivity index (χ1) is 16.5. The van der Waals surface area contributed by atoms with Crippen LogP contribution in [0.4, 0.5) is 10.1 Å². The fourth-order valence-electron chi connectivity index (χ4n) is 5.29. The van der Waals surface area contributed by atoms with Crippen LogP contribution in [-0.4, -0.2) is 49.1 Å². The summed E-state index contributed by atoms with van der Waals surface area (Å²) in [7, 11) is -3.45. The Morgan fingerprint density at radius 2 is 1.79 bits per heavy atom. The van der Waals surface area contributed by atoms with Crippen LogP contribution in [0.2, 0.25) is 0 Å². The summed E-state index contributed by atoms with van der Waals surface area (Å²) in [6.45, 7) is 2.55. The minimum atomic E-state index is -3.45. The van der Waals surface area contributed by atoms with E-state index < -0.39 is 15.3 Å². The molecule has 3 aromatic rings. The SMILES string of the molecule is O=S1(=O)C(c2ccccc2)CCCN1CCc1ccc(N2CCC(c3cn[nH]c3)CC2)cc1F. The molecule has 180 valence electrons. The highest BCUT2D eigenvalue weighted by Gasteiger charge is 2.36. The van der Waals surface area contributed by atoms with Crippen LogP contribution >= 0.6 is 0 Å². The number of nitrogens with zero attached hydrogens (tertiary/aromatic N) is 3. The summed E-state index contributed by atoms with van der Waals surface area (Å²) in [5, 5.41) is 6.41. The monoisotopic (exact) mass is 482 g/mol. The van der Waals surface area contributed by atoms with Crippen LogP contribution in [0.3, 0.4) is 0 Å².